The van der Waals surface area contributed by atoms with Gasteiger partial charge in [-0.05, 0) is 30.3 Å². The zero-order valence-corrected chi connectivity index (χ0v) is 17.5. The molecule has 1 saturated heterocycles. The number of ether oxygens (including phenoxy) is 2. The Kier molecular flexibility index (Phi) is 5.56. The normalized spacial score (nSPS) is 18.4. The lowest BCUT2D eigenvalue weighted by molar-refractivity contribution is -0.142. The van der Waals surface area contributed by atoms with Crippen molar-refractivity contribution in [1.29, 1.82) is 0 Å². The second-order valence-electron chi connectivity index (χ2n) is 7.72. The number of carbonyl (C=O) groups excluding carboxylic acids is 2. The number of amides is 2. The summed E-state index contributed by atoms with van der Waals surface area (Å²) >= 11 is 0. The minimum atomic E-state index is -0.751. The molecule has 1 aromatic heterocycles. The largest absolute Gasteiger partial charge is 0.476 e. The summed E-state index contributed by atoms with van der Waals surface area (Å²) in [4.78, 5) is 34.1. The van der Waals surface area contributed by atoms with Gasteiger partial charge in [-0.25, -0.2) is 4.98 Å². The number of anilines is 1. The number of carbonyl (C=O) groups is 2. The van der Waals surface area contributed by atoms with Gasteiger partial charge in [0.2, 0.25) is 0 Å². The Balaban J connectivity index is 1.38. The molecule has 0 saturated carbocycles. The van der Waals surface area contributed by atoms with Gasteiger partial charge in [0.05, 0.1) is 36.7 Å². The summed E-state index contributed by atoms with van der Waals surface area (Å²) in [6.45, 7) is 2.24. The van der Waals surface area contributed by atoms with Crippen LogP contribution in [0.1, 0.15) is 5.69 Å². The first kappa shape index (κ1) is 20.2. The van der Waals surface area contributed by atoms with Gasteiger partial charge in [-0.3, -0.25) is 9.59 Å². The molecule has 1 unspecified atom stereocenters. The number of para-hydroxylation sites is 3. The molecule has 0 N–H and O–H groups in total. The van der Waals surface area contributed by atoms with Crippen molar-refractivity contribution in [1.82, 2.24) is 9.88 Å². The molecule has 7 nitrogen and oxygen atoms in total. The van der Waals surface area contributed by atoms with E-state index in [2.05, 4.69) is 4.98 Å². The molecule has 7 heteroatoms. The number of fused-ring (bicyclic) bond motifs is 2. The summed E-state index contributed by atoms with van der Waals surface area (Å²) in [5.74, 6) is 0.173. The van der Waals surface area contributed by atoms with E-state index in [4.69, 9.17) is 9.47 Å². The van der Waals surface area contributed by atoms with E-state index in [0.717, 1.165) is 10.9 Å². The van der Waals surface area contributed by atoms with Gasteiger partial charge in [0, 0.05) is 24.6 Å². The minimum Gasteiger partial charge on any atom is -0.476 e. The molecule has 5 rings (SSSR count). The maximum atomic E-state index is 13.2. The van der Waals surface area contributed by atoms with Crippen molar-refractivity contribution in [3.63, 3.8) is 0 Å². The molecule has 32 heavy (non-hydrogen) atoms. The predicted octanol–water partition coefficient (Wildman–Crippen LogP) is 2.90. The van der Waals surface area contributed by atoms with Crippen LogP contribution in [0, 0.1) is 0 Å². The van der Waals surface area contributed by atoms with Crippen LogP contribution in [0.25, 0.3) is 17.0 Å². The molecular weight excluding hydrogens is 406 g/mol. The van der Waals surface area contributed by atoms with Gasteiger partial charge in [-0.2, -0.15) is 0 Å². The quantitative estimate of drug-likeness (QED) is 0.599. The average Bonchev–Trinajstić information content (AvgIpc) is 2.86. The zero-order chi connectivity index (χ0) is 21.9. The Hall–Kier alpha value is -3.71. The van der Waals surface area contributed by atoms with E-state index in [0.29, 0.717) is 43.4 Å². The number of hydrogen-bond acceptors (Lipinski definition) is 5. The third kappa shape index (κ3) is 4.07. The maximum absolute atomic E-state index is 13.2. The van der Waals surface area contributed by atoms with Crippen molar-refractivity contribution in [2.45, 2.75) is 6.10 Å². The molecule has 1 atom stereocenters. The fourth-order valence-corrected chi connectivity index (χ4v) is 3.98. The summed E-state index contributed by atoms with van der Waals surface area (Å²) in [7, 11) is 0. The Bertz CT molecular complexity index is 1190. The van der Waals surface area contributed by atoms with Crippen LogP contribution in [0.5, 0.6) is 5.75 Å². The van der Waals surface area contributed by atoms with Crippen LogP contribution < -0.4 is 9.64 Å². The maximum Gasteiger partial charge on any atom is 0.265 e. The highest BCUT2D eigenvalue weighted by Crippen LogP contribution is 2.34. The number of nitrogens with zero attached hydrogens (tertiary/aromatic N) is 3. The first-order valence-corrected chi connectivity index (χ1v) is 10.7. The number of benzene rings is 2. The van der Waals surface area contributed by atoms with Crippen LogP contribution in [0.3, 0.4) is 0 Å². The van der Waals surface area contributed by atoms with Gasteiger partial charge in [-0.15, -0.1) is 0 Å². The van der Waals surface area contributed by atoms with Crippen molar-refractivity contribution < 1.29 is 19.1 Å². The van der Waals surface area contributed by atoms with Crippen molar-refractivity contribution in [2.24, 2.45) is 0 Å². The van der Waals surface area contributed by atoms with E-state index in [1.54, 1.807) is 21.9 Å². The van der Waals surface area contributed by atoms with Crippen molar-refractivity contribution in [3.8, 4) is 5.75 Å². The summed E-state index contributed by atoms with van der Waals surface area (Å²) in [5.41, 5.74) is 2.22. The van der Waals surface area contributed by atoms with E-state index >= 15 is 0 Å². The lowest BCUT2D eigenvalue weighted by Crippen LogP contribution is -2.53. The van der Waals surface area contributed by atoms with E-state index in [1.807, 2.05) is 54.6 Å². The molecule has 2 aliphatic rings. The van der Waals surface area contributed by atoms with Crippen LogP contribution >= 0.6 is 0 Å². The molecule has 0 radical (unpaired) electrons. The molecule has 3 aromatic rings. The standard InChI is InChI=1S/C25H23N3O4/c29-24(12-11-19-10-9-18-5-1-2-6-20(18)26-19)28-17-23(25(30)27-13-15-31-16-14-27)32-22-8-4-3-7-21(22)28/h1-12,23H,13-17H2/b12-11+. The Morgan fingerprint density at radius 3 is 2.62 bits per heavy atom. The summed E-state index contributed by atoms with van der Waals surface area (Å²) in [6.07, 6.45) is 2.44. The molecule has 0 aliphatic carbocycles. The van der Waals surface area contributed by atoms with Crippen molar-refractivity contribution in [3.05, 3.63) is 72.4 Å². The topological polar surface area (TPSA) is 72.0 Å². The molecule has 2 aromatic carbocycles. The Morgan fingerprint density at radius 1 is 0.969 bits per heavy atom. The molecule has 1 fully saturated rings. The Morgan fingerprint density at radius 2 is 1.75 bits per heavy atom. The van der Waals surface area contributed by atoms with Gasteiger partial charge in [0.25, 0.3) is 11.8 Å². The van der Waals surface area contributed by atoms with E-state index in [-0.39, 0.29) is 18.4 Å². The van der Waals surface area contributed by atoms with Gasteiger partial charge in [-0.1, -0.05) is 36.4 Å². The first-order chi connectivity index (χ1) is 15.7. The molecule has 0 bridgehead atoms. The molecule has 0 spiro atoms. The number of hydrogen-bond donors (Lipinski definition) is 0. The number of aromatic nitrogens is 1. The Labute approximate surface area is 185 Å². The number of rotatable bonds is 3. The minimum absolute atomic E-state index is 0.124. The van der Waals surface area contributed by atoms with Gasteiger partial charge < -0.3 is 19.3 Å². The molecule has 3 heterocycles. The lowest BCUT2D eigenvalue weighted by Gasteiger charge is -2.37. The van der Waals surface area contributed by atoms with Crippen LogP contribution in [-0.4, -0.2) is 60.7 Å². The van der Waals surface area contributed by atoms with Gasteiger partial charge >= 0.3 is 0 Å². The molecule has 2 aliphatic heterocycles. The van der Waals surface area contributed by atoms with Gasteiger partial charge in [0.1, 0.15) is 5.75 Å². The molecule has 162 valence electrons. The smallest absolute Gasteiger partial charge is 0.265 e. The molecule has 2 amide bonds. The van der Waals surface area contributed by atoms with Crippen LogP contribution in [0.4, 0.5) is 5.69 Å². The highest BCUT2D eigenvalue weighted by atomic mass is 16.5. The highest BCUT2D eigenvalue weighted by Gasteiger charge is 2.35. The average molecular weight is 429 g/mol. The van der Waals surface area contributed by atoms with Gasteiger partial charge in [0.15, 0.2) is 6.10 Å². The summed E-state index contributed by atoms with van der Waals surface area (Å²) < 4.78 is 11.3. The van der Waals surface area contributed by atoms with Crippen LogP contribution in [0.15, 0.2) is 66.7 Å². The van der Waals surface area contributed by atoms with E-state index in [1.165, 1.54) is 6.08 Å². The second-order valence-corrected chi connectivity index (χ2v) is 7.72. The summed E-state index contributed by atoms with van der Waals surface area (Å²) in [5, 5.41) is 1.04. The first-order valence-electron chi connectivity index (χ1n) is 10.7. The third-order valence-corrected chi connectivity index (χ3v) is 5.65. The lowest BCUT2D eigenvalue weighted by atomic mass is 10.1. The monoisotopic (exact) mass is 429 g/mol. The number of morpholine rings is 1. The fraction of sp³-hybridized carbons (Fsp3) is 0.240. The number of pyridine rings is 1. The van der Waals surface area contributed by atoms with E-state index in [9.17, 15) is 9.59 Å². The predicted molar refractivity (Wildman–Crippen MR) is 121 cm³/mol. The van der Waals surface area contributed by atoms with Crippen molar-refractivity contribution in [2.75, 3.05) is 37.7 Å². The van der Waals surface area contributed by atoms with Crippen LogP contribution in [-0.2, 0) is 14.3 Å². The highest BCUT2D eigenvalue weighted by molar-refractivity contribution is 6.05. The van der Waals surface area contributed by atoms with E-state index < -0.39 is 6.10 Å². The van der Waals surface area contributed by atoms with Crippen molar-refractivity contribution >= 4 is 34.5 Å². The third-order valence-electron chi connectivity index (χ3n) is 5.65. The zero-order valence-electron chi connectivity index (χ0n) is 17.5. The van der Waals surface area contributed by atoms with Crippen LogP contribution in [0.2, 0.25) is 0 Å². The summed E-state index contributed by atoms with van der Waals surface area (Å²) in [6, 6.07) is 19.0. The molecular formula is C25H23N3O4. The SMILES string of the molecule is O=C(C1CN(C(=O)/C=C/c2ccc3ccccc3n2)c2ccccc2O1)N1CCOCC1. The second kappa shape index (κ2) is 8.80. The fourth-order valence-electron chi connectivity index (χ4n) is 3.98.